The van der Waals surface area contributed by atoms with Crippen molar-refractivity contribution in [1.82, 2.24) is 0 Å². The zero-order valence-corrected chi connectivity index (χ0v) is 8.97. The topological polar surface area (TPSA) is 0 Å². The molecule has 2 atom stereocenters. The van der Waals surface area contributed by atoms with Crippen LogP contribution in [-0.4, -0.2) is 0 Å². The summed E-state index contributed by atoms with van der Waals surface area (Å²) in [6, 6.07) is 0. The van der Waals surface area contributed by atoms with Crippen molar-refractivity contribution < 1.29 is 0 Å². The average molecular weight is 168 g/mol. The summed E-state index contributed by atoms with van der Waals surface area (Å²) in [4.78, 5) is 0. The van der Waals surface area contributed by atoms with Crippen LogP contribution in [0.5, 0.6) is 0 Å². The van der Waals surface area contributed by atoms with Gasteiger partial charge in [0.2, 0.25) is 0 Å². The molecule has 0 aliphatic heterocycles. The molecule has 1 aliphatic rings. The van der Waals surface area contributed by atoms with Crippen molar-refractivity contribution in [1.29, 1.82) is 0 Å². The second kappa shape index (κ2) is 4.89. The van der Waals surface area contributed by atoms with Gasteiger partial charge in [-0.15, -0.1) is 0 Å². The largest absolute Gasteiger partial charge is 0.0628 e. The summed E-state index contributed by atoms with van der Waals surface area (Å²) in [5.74, 6) is 2.97. The molecule has 0 radical (unpaired) electrons. The fraction of sp³-hybridized carbons (Fsp3) is 1.00. The maximum absolute atomic E-state index is 2.45. The van der Waals surface area contributed by atoms with Crippen molar-refractivity contribution in [3.05, 3.63) is 0 Å². The van der Waals surface area contributed by atoms with Crippen LogP contribution >= 0.6 is 0 Å². The minimum absolute atomic E-state index is 0.902. The Labute approximate surface area is 77.7 Å². The Morgan fingerprint density at radius 1 is 1.17 bits per heavy atom. The standard InChI is InChI=1S/C12H24/c1-10(2)8-9-12-7-5-4-6-11(12)3/h10-12H,4-9H2,1-3H3. The Morgan fingerprint density at radius 2 is 1.83 bits per heavy atom. The van der Waals surface area contributed by atoms with Gasteiger partial charge in [0.25, 0.3) is 0 Å². The summed E-state index contributed by atoms with van der Waals surface area (Å²) in [5.41, 5.74) is 0. The molecule has 0 bridgehead atoms. The second-order valence-electron chi connectivity index (χ2n) is 4.99. The van der Waals surface area contributed by atoms with Crippen LogP contribution in [0.1, 0.15) is 59.3 Å². The first-order chi connectivity index (χ1) is 5.70. The summed E-state index contributed by atoms with van der Waals surface area (Å²) in [6.07, 6.45) is 8.90. The molecule has 0 aromatic rings. The molecule has 72 valence electrons. The van der Waals surface area contributed by atoms with Gasteiger partial charge in [-0.05, 0) is 24.2 Å². The van der Waals surface area contributed by atoms with Gasteiger partial charge in [0.1, 0.15) is 0 Å². The Balaban J connectivity index is 2.20. The van der Waals surface area contributed by atoms with Crippen LogP contribution in [0.15, 0.2) is 0 Å². The zero-order valence-electron chi connectivity index (χ0n) is 8.97. The third-order valence-corrected chi connectivity index (χ3v) is 3.40. The maximum Gasteiger partial charge on any atom is -0.0388 e. The van der Waals surface area contributed by atoms with Gasteiger partial charge in [0.05, 0.1) is 0 Å². The Bertz CT molecular complexity index is 115. The second-order valence-corrected chi connectivity index (χ2v) is 4.99. The molecule has 0 spiro atoms. The zero-order chi connectivity index (χ0) is 8.97. The van der Waals surface area contributed by atoms with Gasteiger partial charge in [-0.3, -0.25) is 0 Å². The molecule has 0 aromatic heterocycles. The average Bonchev–Trinajstić information content (AvgIpc) is 2.03. The fourth-order valence-corrected chi connectivity index (χ4v) is 2.37. The highest BCUT2D eigenvalue weighted by atomic mass is 14.3. The molecule has 0 aromatic carbocycles. The first-order valence-corrected chi connectivity index (χ1v) is 5.70. The molecule has 0 amide bonds. The Hall–Kier alpha value is 0. The molecular formula is C12H24. The third kappa shape index (κ3) is 3.16. The van der Waals surface area contributed by atoms with Crippen molar-refractivity contribution in [3.8, 4) is 0 Å². The van der Waals surface area contributed by atoms with Crippen LogP contribution in [0.25, 0.3) is 0 Å². The van der Waals surface area contributed by atoms with Crippen molar-refractivity contribution in [2.24, 2.45) is 17.8 Å². The normalized spacial score (nSPS) is 31.0. The predicted octanol–water partition coefficient (Wildman–Crippen LogP) is 4.25. The van der Waals surface area contributed by atoms with E-state index in [4.69, 9.17) is 0 Å². The van der Waals surface area contributed by atoms with Gasteiger partial charge in [-0.25, -0.2) is 0 Å². The molecule has 0 heterocycles. The molecule has 0 nitrogen and oxygen atoms in total. The van der Waals surface area contributed by atoms with Crippen LogP contribution in [0.2, 0.25) is 0 Å². The summed E-state index contributed by atoms with van der Waals surface area (Å²) in [6.45, 7) is 7.13. The molecule has 1 aliphatic carbocycles. The van der Waals surface area contributed by atoms with Gasteiger partial charge in [0.15, 0.2) is 0 Å². The molecule has 0 saturated heterocycles. The van der Waals surface area contributed by atoms with Gasteiger partial charge >= 0.3 is 0 Å². The lowest BCUT2D eigenvalue weighted by molar-refractivity contribution is 0.230. The van der Waals surface area contributed by atoms with Crippen molar-refractivity contribution in [2.45, 2.75) is 59.3 Å². The highest BCUT2D eigenvalue weighted by Crippen LogP contribution is 2.33. The van der Waals surface area contributed by atoms with Gasteiger partial charge < -0.3 is 0 Å². The first kappa shape index (κ1) is 10.1. The van der Waals surface area contributed by atoms with Crippen LogP contribution in [0, 0.1) is 17.8 Å². The lowest BCUT2D eigenvalue weighted by Crippen LogP contribution is -2.17. The molecule has 0 N–H and O–H groups in total. The smallest absolute Gasteiger partial charge is 0.0388 e. The van der Waals surface area contributed by atoms with Crippen LogP contribution < -0.4 is 0 Å². The van der Waals surface area contributed by atoms with Crippen molar-refractivity contribution >= 4 is 0 Å². The summed E-state index contributed by atoms with van der Waals surface area (Å²) < 4.78 is 0. The Kier molecular flexibility index (Phi) is 4.11. The van der Waals surface area contributed by atoms with E-state index in [1.54, 1.807) is 0 Å². The van der Waals surface area contributed by atoms with Crippen LogP contribution in [0.4, 0.5) is 0 Å². The first-order valence-electron chi connectivity index (χ1n) is 5.70. The number of hydrogen-bond donors (Lipinski definition) is 0. The fourth-order valence-electron chi connectivity index (χ4n) is 2.37. The van der Waals surface area contributed by atoms with Crippen molar-refractivity contribution in [3.63, 3.8) is 0 Å². The molecule has 12 heavy (non-hydrogen) atoms. The van der Waals surface area contributed by atoms with E-state index >= 15 is 0 Å². The van der Waals surface area contributed by atoms with Gasteiger partial charge in [-0.2, -0.15) is 0 Å². The van der Waals surface area contributed by atoms with E-state index in [0.717, 1.165) is 17.8 Å². The van der Waals surface area contributed by atoms with E-state index in [1.165, 1.54) is 38.5 Å². The molecule has 1 rings (SSSR count). The Morgan fingerprint density at radius 3 is 2.42 bits per heavy atom. The number of rotatable bonds is 3. The van der Waals surface area contributed by atoms with Gasteiger partial charge in [-0.1, -0.05) is 52.9 Å². The lowest BCUT2D eigenvalue weighted by Gasteiger charge is -2.29. The van der Waals surface area contributed by atoms with Crippen molar-refractivity contribution in [2.75, 3.05) is 0 Å². The molecule has 0 heteroatoms. The summed E-state index contributed by atoms with van der Waals surface area (Å²) >= 11 is 0. The van der Waals surface area contributed by atoms with E-state index in [2.05, 4.69) is 20.8 Å². The van der Waals surface area contributed by atoms with Gasteiger partial charge in [0, 0.05) is 0 Å². The molecule has 1 saturated carbocycles. The minimum atomic E-state index is 0.902. The van der Waals surface area contributed by atoms with E-state index in [-0.39, 0.29) is 0 Å². The monoisotopic (exact) mass is 168 g/mol. The minimum Gasteiger partial charge on any atom is -0.0628 e. The predicted molar refractivity (Wildman–Crippen MR) is 55.2 cm³/mol. The maximum atomic E-state index is 2.45. The highest BCUT2D eigenvalue weighted by molar-refractivity contribution is 4.72. The quantitative estimate of drug-likeness (QED) is 0.591. The van der Waals surface area contributed by atoms with E-state index in [9.17, 15) is 0 Å². The molecule has 1 fully saturated rings. The van der Waals surface area contributed by atoms with E-state index < -0.39 is 0 Å². The highest BCUT2D eigenvalue weighted by Gasteiger charge is 2.20. The summed E-state index contributed by atoms with van der Waals surface area (Å²) in [7, 11) is 0. The van der Waals surface area contributed by atoms with Crippen LogP contribution in [-0.2, 0) is 0 Å². The molecule has 2 unspecified atom stereocenters. The molecular weight excluding hydrogens is 144 g/mol. The van der Waals surface area contributed by atoms with E-state index in [1.807, 2.05) is 0 Å². The summed E-state index contributed by atoms with van der Waals surface area (Å²) in [5, 5.41) is 0. The van der Waals surface area contributed by atoms with Crippen LogP contribution in [0.3, 0.4) is 0 Å². The lowest BCUT2D eigenvalue weighted by atomic mass is 9.77. The number of hydrogen-bond acceptors (Lipinski definition) is 0. The SMILES string of the molecule is CC(C)CCC1CCCCC1C. The third-order valence-electron chi connectivity index (χ3n) is 3.40. The van der Waals surface area contributed by atoms with E-state index in [0.29, 0.717) is 0 Å².